The second-order valence-electron chi connectivity index (χ2n) is 8.62. The number of carbonyl (C=O) groups is 1. The quantitative estimate of drug-likeness (QED) is 0.373. The SMILES string of the molecule is COC(=O)C[C@@H]1N=C(c2ccc(NCc3ccc(C)o3)cc2)c2c(sc(C)c2C)-n2c(C)nnc21. The number of aromatic nitrogens is 3. The van der Waals surface area contributed by atoms with Gasteiger partial charge in [0.1, 0.15) is 28.4 Å². The normalized spacial score (nSPS) is 14.7. The molecular weight excluding hydrogens is 462 g/mol. The number of methoxy groups -OCH3 is 1. The smallest absolute Gasteiger partial charge is 0.308 e. The van der Waals surface area contributed by atoms with Gasteiger partial charge in [-0.05, 0) is 57.5 Å². The van der Waals surface area contributed by atoms with Crippen LogP contribution in [0.4, 0.5) is 5.69 Å². The summed E-state index contributed by atoms with van der Waals surface area (Å²) in [6.07, 6.45) is 0.0906. The number of anilines is 1. The monoisotopic (exact) mass is 489 g/mol. The number of hydrogen-bond acceptors (Lipinski definition) is 8. The number of benzene rings is 1. The average Bonchev–Trinajstić information content (AvgIpc) is 3.50. The van der Waals surface area contributed by atoms with Crippen molar-refractivity contribution in [2.75, 3.05) is 12.4 Å². The molecule has 0 saturated carbocycles. The van der Waals surface area contributed by atoms with Gasteiger partial charge in [-0.25, -0.2) is 0 Å². The standard InChI is InChI=1S/C26H27N5O3S/c1-14-6-11-20(34-14)13-27-19-9-7-18(8-10-19)24-23-15(2)16(3)35-26(23)31-17(4)29-30-25(31)21(28-24)12-22(32)33-5/h6-11,21,27H,12-13H2,1-5H3/t21-/m0/s1. The lowest BCUT2D eigenvalue weighted by atomic mass is 9.99. The lowest BCUT2D eigenvalue weighted by molar-refractivity contribution is -0.141. The summed E-state index contributed by atoms with van der Waals surface area (Å²) in [6.45, 7) is 8.69. The zero-order valence-corrected chi connectivity index (χ0v) is 21.2. The minimum atomic E-state index is -0.502. The summed E-state index contributed by atoms with van der Waals surface area (Å²) in [7, 11) is 1.39. The Morgan fingerprint density at radius 1 is 1.11 bits per heavy atom. The van der Waals surface area contributed by atoms with E-state index in [1.165, 1.54) is 12.0 Å². The van der Waals surface area contributed by atoms with Crippen molar-refractivity contribution in [3.63, 3.8) is 0 Å². The summed E-state index contributed by atoms with van der Waals surface area (Å²) in [4.78, 5) is 18.6. The van der Waals surface area contributed by atoms with Crippen LogP contribution in [0, 0.1) is 27.7 Å². The molecule has 8 nitrogen and oxygen atoms in total. The molecule has 35 heavy (non-hydrogen) atoms. The van der Waals surface area contributed by atoms with Crippen LogP contribution < -0.4 is 5.32 Å². The van der Waals surface area contributed by atoms with Crippen LogP contribution in [0.5, 0.6) is 0 Å². The zero-order valence-electron chi connectivity index (χ0n) is 20.4. The highest BCUT2D eigenvalue weighted by Crippen LogP contribution is 2.39. The van der Waals surface area contributed by atoms with Crippen LogP contribution in [0.25, 0.3) is 5.00 Å². The number of aryl methyl sites for hydroxylation is 3. The van der Waals surface area contributed by atoms with Crippen molar-refractivity contribution in [1.29, 1.82) is 0 Å². The minimum Gasteiger partial charge on any atom is -0.469 e. The van der Waals surface area contributed by atoms with Crippen molar-refractivity contribution < 1.29 is 13.9 Å². The molecule has 5 rings (SSSR count). The molecule has 0 radical (unpaired) electrons. The van der Waals surface area contributed by atoms with Crippen LogP contribution >= 0.6 is 11.3 Å². The van der Waals surface area contributed by atoms with E-state index in [9.17, 15) is 4.79 Å². The van der Waals surface area contributed by atoms with Crippen LogP contribution in [0.15, 0.2) is 45.8 Å². The van der Waals surface area contributed by atoms with Crippen molar-refractivity contribution in [2.45, 2.75) is 46.7 Å². The molecule has 1 aliphatic rings. The van der Waals surface area contributed by atoms with Crippen molar-refractivity contribution in [2.24, 2.45) is 4.99 Å². The van der Waals surface area contributed by atoms with Gasteiger partial charge in [0.15, 0.2) is 5.82 Å². The molecule has 1 atom stereocenters. The van der Waals surface area contributed by atoms with Crippen LogP contribution in [0.3, 0.4) is 0 Å². The van der Waals surface area contributed by atoms with Crippen molar-refractivity contribution >= 4 is 28.7 Å². The largest absolute Gasteiger partial charge is 0.469 e. The number of aliphatic imine (C=N–C) groups is 1. The molecule has 180 valence electrons. The average molecular weight is 490 g/mol. The Balaban J connectivity index is 1.55. The third kappa shape index (κ3) is 4.27. The number of rotatable bonds is 6. The molecule has 4 heterocycles. The number of fused-ring (bicyclic) bond motifs is 3. The van der Waals surface area contributed by atoms with Gasteiger partial charge in [0, 0.05) is 21.7 Å². The van der Waals surface area contributed by atoms with Gasteiger partial charge in [-0.1, -0.05) is 12.1 Å². The summed E-state index contributed by atoms with van der Waals surface area (Å²) in [6, 6.07) is 11.6. The second kappa shape index (κ2) is 9.14. The Hall–Kier alpha value is -3.72. The van der Waals surface area contributed by atoms with E-state index in [0.29, 0.717) is 12.4 Å². The number of ether oxygens (including phenoxy) is 1. The first-order valence-electron chi connectivity index (χ1n) is 11.4. The molecule has 0 amide bonds. The van der Waals surface area contributed by atoms with Crippen molar-refractivity contribution in [3.8, 4) is 5.00 Å². The van der Waals surface area contributed by atoms with E-state index in [4.69, 9.17) is 14.1 Å². The van der Waals surface area contributed by atoms with Gasteiger partial charge in [-0.2, -0.15) is 0 Å². The molecule has 1 aromatic carbocycles. The van der Waals surface area contributed by atoms with Crippen LogP contribution in [0.2, 0.25) is 0 Å². The number of carbonyl (C=O) groups excluding carboxylic acids is 1. The molecule has 0 fully saturated rings. The summed E-state index contributed by atoms with van der Waals surface area (Å²) < 4.78 is 12.6. The maximum atomic E-state index is 12.3. The van der Waals surface area contributed by atoms with E-state index < -0.39 is 6.04 Å². The number of esters is 1. The number of nitrogens with zero attached hydrogens (tertiary/aromatic N) is 4. The number of furan rings is 1. The first-order chi connectivity index (χ1) is 16.9. The summed E-state index contributed by atoms with van der Waals surface area (Å²) in [5, 5.41) is 13.1. The van der Waals surface area contributed by atoms with Crippen LogP contribution in [0.1, 0.15) is 57.2 Å². The van der Waals surface area contributed by atoms with E-state index >= 15 is 0 Å². The zero-order chi connectivity index (χ0) is 24.7. The molecule has 0 saturated heterocycles. The predicted octanol–water partition coefficient (Wildman–Crippen LogP) is 5.22. The Labute approximate surface area is 207 Å². The molecule has 0 spiro atoms. The van der Waals surface area contributed by atoms with Crippen LogP contribution in [-0.2, 0) is 16.1 Å². The number of thiophene rings is 1. The number of hydrogen-bond donors (Lipinski definition) is 1. The first kappa shape index (κ1) is 23.0. The van der Waals surface area contributed by atoms with Gasteiger partial charge in [-0.15, -0.1) is 21.5 Å². The minimum absolute atomic E-state index is 0.0906. The molecule has 0 unspecified atom stereocenters. The fourth-order valence-electron chi connectivity index (χ4n) is 4.28. The van der Waals surface area contributed by atoms with Gasteiger partial charge in [-0.3, -0.25) is 14.4 Å². The fraction of sp³-hybridized carbons (Fsp3) is 0.308. The highest BCUT2D eigenvalue weighted by Gasteiger charge is 2.32. The third-order valence-corrected chi connectivity index (χ3v) is 7.44. The van der Waals surface area contributed by atoms with Crippen LogP contribution in [-0.4, -0.2) is 33.6 Å². The van der Waals surface area contributed by atoms with Gasteiger partial charge >= 0.3 is 5.97 Å². The lowest BCUT2D eigenvalue weighted by Crippen LogP contribution is -2.12. The number of nitrogens with one attached hydrogen (secondary N) is 1. The van der Waals surface area contributed by atoms with E-state index in [0.717, 1.165) is 50.4 Å². The van der Waals surface area contributed by atoms with Gasteiger partial charge in [0.2, 0.25) is 0 Å². The molecule has 0 bridgehead atoms. The van der Waals surface area contributed by atoms with E-state index in [-0.39, 0.29) is 12.4 Å². The second-order valence-corrected chi connectivity index (χ2v) is 9.82. The molecule has 3 aromatic heterocycles. The summed E-state index contributed by atoms with van der Waals surface area (Å²) >= 11 is 1.69. The fourth-order valence-corrected chi connectivity index (χ4v) is 5.50. The lowest BCUT2D eigenvalue weighted by Gasteiger charge is -2.12. The highest BCUT2D eigenvalue weighted by molar-refractivity contribution is 7.15. The molecule has 0 aliphatic carbocycles. The first-order valence-corrected chi connectivity index (χ1v) is 12.2. The van der Waals surface area contributed by atoms with Crippen molar-refractivity contribution in [3.05, 3.63) is 81.1 Å². The van der Waals surface area contributed by atoms with Gasteiger partial charge in [0.05, 0.1) is 25.8 Å². The molecule has 9 heteroatoms. The Morgan fingerprint density at radius 2 is 1.89 bits per heavy atom. The van der Waals surface area contributed by atoms with Gasteiger partial charge in [0.25, 0.3) is 0 Å². The van der Waals surface area contributed by atoms with Crippen molar-refractivity contribution in [1.82, 2.24) is 14.8 Å². The highest BCUT2D eigenvalue weighted by atomic mass is 32.1. The molecule has 1 N–H and O–H groups in total. The maximum absolute atomic E-state index is 12.3. The third-order valence-electron chi connectivity index (χ3n) is 6.25. The van der Waals surface area contributed by atoms with E-state index in [1.807, 2.05) is 42.7 Å². The Morgan fingerprint density at radius 3 is 2.57 bits per heavy atom. The summed E-state index contributed by atoms with van der Waals surface area (Å²) in [5.41, 5.74) is 5.01. The van der Waals surface area contributed by atoms with E-state index in [1.54, 1.807) is 11.3 Å². The summed E-state index contributed by atoms with van der Waals surface area (Å²) in [5.74, 6) is 2.86. The van der Waals surface area contributed by atoms with Gasteiger partial charge < -0.3 is 14.5 Å². The van der Waals surface area contributed by atoms with E-state index in [2.05, 4.69) is 41.5 Å². The topological polar surface area (TPSA) is 94.5 Å². The Kier molecular flexibility index (Phi) is 6.02. The predicted molar refractivity (Wildman–Crippen MR) is 136 cm³/mol. The molecule has 1 aliphatic heterocycles. The molecular formula is C26H27N5O3S. The molecule has 4 aromatic rings. The maximum Gasteiger partial charge on any atom is 0.308 e. The Bertz CT molecular complexity index is 1430.